The first-order valence-corrected chi connectivity index (χ1v) is 10.7. The van der Waals surface area contributed by atoms with Gasteiger partial charge in [-0.3, -0.25) is 4.79 Å². The van der Waals surface area contributed by atoms with Crippen molar-refractivity contribution in [2.24, 2.45) is 0 Å². The lowest BCUT2D eigenvalue weighted by molar-refractivity contribution is -0.116. The molecule has 0 atom stereocenters. The van der Waals surface area contributed by atoms with Gasteiger partial charge in [0.05, 0.1) is 10.6 Å². The van der Waals surface area contributed by atoms with Crippen LogP contribution >= 0.6 is 11.3 Å². The summed E-state index contributed by atoms with van der Waals surface area (Å²) in [6, 6.07) is 28.2. The van der Waals surface area contributed by atoms with E-state index in [-0.39, 0.29) is 11.8 Å². The van der Waals surface area contributed by atoms with E-state index in [2.05, 4.69) is 29.6 Å². The van der Waals surface area contributed by atoms with Crippen LogP contribution in [0.1, 0.15) is 28.3 Å². The Morgan fingerprint density at radius 1 is 0.933 bits per heavy atom. The SMILES string of the molecule is O=C(CC(c1ccccc1)c1ccccc1)Nc1nc2c(s1)COc1ccccc1-2. The molecular weight excluding hydrogens is 392 g/mol. The van der Waals surface area contributed by atoms with E-state index in [9.17, 15) is 4.79 Å². The highest BCUT2D eigenvalue weighted by atomic mass is 32.1. The number of thiazole rings is 1. The molecule has 1 amide bonds. The summed E-state index contributed by atoms with van der Waals surface area (Å²) in [7, 11) is 0. The molecule has 5 rings (SSSR count). The monoisotopic (exact) mass is 412 g/mol. The summed E-state index contributed by atoms with van der Waals surface area (Å²) in [5, 5.41) is 3.63. The Hall–Kier alpha value is -3.44. The summed E-state index contributed by atoms with van der Waals surface area (Å²) in [6.45, 7) is 0.483. The van der Waals surface area contributed by atoms with Gasteiger partial charge in [0, 0.05) is 17.9 Å². The van der Waals surface area contributed by atoms with E-state index in [4.69, 9.17) is 9.72 Å². The molecule has 0 fully saturated rings. The minimum atomic E-state index is -0.0481. The summed E-state index contributed by atoms with van der Waals surface area (Å²) >= 11 is 1.48. The maximum atomic E-state index is 13.0. The Balaban J connectivity index is 1.37. The summed E-state index contributed by atoms with van der Waals surface area (Å²) in [6.07, 6.45) is 0.353. The minimum Gasteiger partial charge on any atom is -0.487 e. The number of anilines is 1. The fraction of sp³-hybridized carbons (Fsp3) is 0.120. The van der Waals surface area contributed by atoms with Crippen LogP contribution in [0.5, 0.6) is 5.75 Å². The van der Waals surface area contributed by atoms with Gasteiger partial charge in [0.1, 0.15) is 12.4 Å². The second kappa shape index (κ2) is 8.13. The van der Waals surface area contributed by atoms with Gasteiger partial charge in [-0.1, -0.05) is 84.1 Å². The van der Waals surface area contributed by atoms with Crippen LogP contribution in [0.4, 0.5) is 5.13 Å². The van der Waals surface area contributed by atoms with E-state index in [1.807, 2.05) is 60.7 Å². The Bertz CT molecular complexity index is 1130. The quantitative estimate of drug-likeness (QED) is 0.446. The van der Waals surface area contributed by atoms with E-state index in [0.717, 1.165) is 33.0 Å². The summed E-state index contributed by atoms with van der Waals surface area (Å²) in [4.78, 5) is 18.7. The van der Waals surface area contributed by atoms with Gasteiger partial charge < -0.3 is 10.1 Å². The van der Waals surface area contributed by atoms with E-state index in [1.165, 1.54) is 11.3 Å². The van der Waals surface area contributed by atoms with Crippen molar-refractivity contribution in [2.75, 3.05) is 5.32 Å². The number of nitrogens with zero attached hydrogens (tertiary/aromatic N) is 1. The van der Waals surface area contributed by atoms with Crippen LogP contribution in [-0.4, -0.2) is 10.9 Å². The number of carbonyl (C=O) groups is 1. The van der Waals surface area contributed by atoms with Crippen molar-refractivity contribution in [3.8, 4) is 17.0 Å². The summed E-state index contributed by atoms with van der Waals surface area (Å²) in [5.74, 6) is 0.778. The minimum absolute atomic E-state index is 0.00829. The number of ether oxygens (including phenoxy) is 1. The molecule has 1 aliphatic heterocycles. The van der Waals surface area contributed by atoms with Crippen molar-refractivity contribution in [3.05, 3.63) is 101 Å². The van der Waals surface area contributed by atoms with Crippen molar-refractivity contribution in [2.45, 2.75) is 18.9 Å². The van der Waals surface area contributed by atoms with Crippen molar-refractivity contribution >= 4 is 22.4 Å². The molecule has 4 nitrogen and oxygen atoms in total. The molecule has 4 aromatic rings. The maximum Gasteiger partial charge on any atom is 0.227 e. The van der Waals surface area contributed by atoms with Crippen molar-refractivity contribution in [1.29, 1.82) is 0 Å². The van der Waals surface area contributed by atoms with Gasteiger partial charge in [-0.05, 0) is 23.3 Å². The van der Waals surface area contributed by atoms with E-state index >= 15 is 0 Å². The number of aromatic nitrogens is 1. The van der Waals surface area contributed by atoms with Crippen LogP contribution in [0.3, 0.4) is 0 Å². The molecule has 0 saturated heterocycles. The van der Waals surface area contributed by atoms with Crippen LogP contribution < -0.4 is 10.1 Å². The number of rotatable bonds is 5. The fourth-order valence-corrected chi connectivity index (χ4v) is 4.70. The zero-order valence-corrected chi connectivity index (χ0v) is 17.1. The summed E-state index contributed by atoms with van der Waals surface area (Å²) < 4.78 is 5.81. The Kier molecular flexibility index (Phi) is 5.03. The first-order valence-electron chi connectivity index (χ1n) is 9.89. The Morgan fingerprint density at radius 2 is 1.57 bits per heavy atom. The van der Waals surface area contributed by atoms with Gasteiger partial charge in [-0.15, -0.1) is 0 Å². The van der Waals surface area contributed by atoms with Crippen molar-refractivity contribution in [1.82, 2.24) is 4.98 Å². The maximum absolute atomic E-state index is 13.0. The first kappa shape index (κ1) is 18.6. The lowest BCUT2D eigenvalue weighted by atomic mass is 9.88. The van der Waals surface area contributed by atoms with Gasteiger partial charge in [0.25, 0.3) is 0 Å². The summed E-state index contributed by atoms with van der Waals surface area (Å²) in [5.41, 5.74) is 4.13. The van der Waals surface area contributed by atoms with Crippen molar-refractivity contribution in [3.63, 3.8) is 0 Å². The lowest BCUT2D eigenvalue weighted by Crippen LogP contribution is -2.16. The molecule has 3 aromatic carbocycles. The Morgan fingerprint density at radius 3 is 2.27 bits per heavy atom. The highest BCUT2D eigenvalue weighted by molar-refractivity contribution is 7.16. The van der Waals surface area contributed by atoms with E-state index in [0.29, 0.717) is 18.2 Å². The standard InChI is InChI=1S/C25H20N2O2S/c28-23(15-20(17-9-3-1-4-10-17)18-11-5-2-6-12-18)26-25-27-24-19-13-7-8-14-21(19)29-16-22(24)30-25/h1-14,20H,15-16H2,(H,26,27,28). The van der Waals surface area contributed by atoms with Crippen LogP contribution in [0.2, 0.25) is 0 Å². The molecule has 0 aliphatic carbocycles. The van der Waals surface area contributed by atoms with Gasteiger partial charge >= 0.3 is 0 Å². The second-order valence-corrected chi connectivity index (χ2v) is 8.29. The number of fused-ring (bicyclic) bond motifs is 3. The van der Waals surface area contributed by atoms with Gasteiger partial charge in [0.2, 0.25) is 5.91 Å². The Labute approximate surface area is 179 Å². The zero-order valence-electron chi connectivity index (χ0n) is 16.2. The third-order valence-electron chi connectivity index (χ3n) is 5.24. The third-order valence-corrected chi connectivity index (χ3v) is 6.18. The molecule has 5 heteroatoms. The van der Waals surface area contributed by atoms with Crippen molar-refractivity contribution < 1.29 is 9.53 Å². The number of carbonyl (C=O) groups excluding carboxylic acids is 1. The van der Waals surface area contributed by atoms with Gasteiger partial charge in [-0.2, -0.15) is 0 Å². The average Bonchev–Trinajstić information content (AvgIpc) is 3.21. The number of hydrogen-bond donors (Lipinski definition) is 1. The van der Waals surface area contributed by atoms with Crippen LogP contribution in [0, 0.1) is 0 Å². The molecular formula is C25H20N2O2S. The van der Waals surface area contributed by atoms with Crippen LogP contribution in [0.15, 0.2) is 84.9 Å². The predicted molar refractivity (Wildman–Crippen MR) is 120 cm³/mol. The number of para-hydroxylation sites is 1. The number of benzene rings is 3. The molecule has 0 radical (unpaired) electrons. The fourth-order valence-electron chi connectivity index (χ4n) is 3.80. The molecule has 0 bridgehead atoms. The third kappa shape index (κ3) is 3.72. The lowest BCUT2D eigenvalue weighted by Gasteiger charge is -2.17. The highest BCUT2D eigenvalue weighted by Gasteiger charge is 2.23. The number of hydrogen-bond acceptors (Lipinski definition) is 4. The molecule has 0 spiro atoms. The predicted octanol–water partition coefficient (Wildman–Crippen LogP) is 5.86. The normalized spacial score (nSPS) is 12.0. The van der Waals surface area contributed by atoms with E-state index in [1.54, 1.807) is 0 Å². The topological polar surface area (TPSA) is 51.2 Å². The second-order valence-electron chi connectivity index (χ2n) is 7.20. The highest BCUT2D eigenvalue weighted by Crippen LogP contribution is 2.40. The largest absolute Gasteiger partial charge is 0.487 e. The molecule has 1 aliphatic rings. The molecule has 2 heterocycles. The van der Waals surface area contributed by atoms with Crippen LogP contribution in [-0.2, 0) is 11.4 Å². The molecule has 1 aromatic heterocycles. The molecule has 0 unspecified atom stereocenters. The molecule has 148 valence electrons. The molecule has 1 N–H and O–H groups in total. The smallest absolute Gasteiger partial charge is 0.227 e. The van der Waals surface area contributed by atoms with Crippen LogP contribution in [0.25, 0.3) is 11.3 Å². The van der Waals surface area contributed by atoms with Gasteiger partial charge in [-0.25, -0.2) is 4.98 Å². The molecule has 30 heavy (non-hydrogen) atoms. The average molecular weight is 413 g/mol. The zero-order chi connectivity index (χ0) is 20.3. The molecule has 0 saturated carbocycles. The van der Waals surface area contributed by atoms with Gasteiger partial charge in [0.15, 0.2) is 5.13 Å². The van der Waals surface area contributed by atoms with E-state index < -0.39 is 0 Å². The number of amides is 1. The first-order chi connectivity index (χ1) is 14.8. The number of nitrogens with one attached hydrogen (secondary N) is 1.